The lowest BCUT2D eigenvalue weighted by Crippen LogP contribution is -2.17. The van der Waals surface area contributed by atoms with E-state index in [9.17, 15) is 14.0 Å². The van der Waals surface area contributed by atoms with Crippen LogP contribution < -0.4 is 5.56 Å². The Balaban J connectivity index is 1.59. The van der Waals surface area contributed by atoms with Crippen LogP contribution in [0.1, 0.15) is 92.0 Å². The Bertz CT molecular complexity index is 957. The first-order chi connectivity index (χ1) is 14.5. The summed E-state index contributed by atoms with van der Waals surface area (Å²) in [6.45, 7) is 0. The number of nitrogens with one attached hydrogen (secondary N) is 1. The van der Waals surface area contributed by atoms with E-state index >= 15 is 0 Å². The van der Waals surface area contributed by atoms with Crippen molar-refractivity contribution in [2.75, 3.05) is 0 Å². The van der Waals surface area contributed by atoms with Crippen LogP contribution >= 0.6 is 0 Å². The normalized spacial score (nSPS) is 17.9. The summed E-state index contributed by atoms with van der Waals surface area (Å²) in [4.78, 5) is 26.4. The molecule has 2 aliphatic carbocycles. The van der Waals surface area contributed by atoms with Crippen molar-refractivity contribution in [3.05, 3.63) is 68.9 Å². The van der Waals surface area contributed by atoms with Gasteiger partial charge in [0.05, 0.1) is 0 Å². The highest BCUT2D eigenvalue weighted by molar-refractivity contribution is 5.66. The summed E-state index contributed by atoms with van der Waals surface area (Å²) in [5.74, 6) is -0.177. The van der Waals surface area contributed by atoms with E-state index in [4.69, 9.17) is 5.11 Å². The number of carboxylic acids is 1. The van der Waals surface area contributed by atoms with Crippen molar-refractivity contribution in [3.63, 3.8) is 0 Å². The van der Waals surface area contributed by atoms with E-state index in [0.29, 0.717) is 30.2 Å². The molecule has 2 aliphatic rings. The molecule has 4 rings (SSSR count). The fourth-order valence-electron chi connectivity index (χ4n) is 4.85. The highest BCUT2D eigenvalue weighted by Crippen LogP contribution is 2.40. The van der Waals surface area contributed by atoms with Gasteiger partial charge in [0.1, 0.15) is 5.82 Å². The van der Waals surface area contributed by atoms with Crippen molar-refractivity contribution < 1.29 is 14.3 Å². The van der Waals surface area contributed by atoms with Gasteiger partial charge < -0.3 is 10.1 Å². The Hall–Kier alpha value is -2.43. The SMILES string of the molecule is O=C(O)CCCc1ccc(C(CC2CCCC2)c2ccc(C3CC3)c(=O)[nH]2)cc1F. The lowest BCUT2D eigenvalue weighted by Gasteiger charge is -2.22. The van der Waals surface area contributed by atoms with E-state index in [2.05, 4.69) is 4.98 Å². The third-order valence-corrected chi connectivity index (χ3v) is 6.72. The van der Waals surface area contributed by atoms with E-state index in [1.54, 1.807) is 12.1 Å². The van der Waals surface area contributed by atoms with E-state index in [1.807, 2.05) is 18.2 Å². The van der Waals surface area contributed by atoms with Crippen molar-refractivity contribution in [1.29, 1.82) is 0 Å². The molecule has 1 atom stereocenters. The Labute approximate surface area is 176 Å². The molecular formula is C25H30FNO3. The standard InChI is InChI=1S/C25H30FNO3/c26-22-15-19(11-10-18(22)6-3-7-24(28)29)21(14-16-4-1-2-5-16)23-13-12-20(17-8-9-17)25(30)27-23/h10-13,15-17,21H,1-9,14H2,(H,27,30)(H,28,29). The maximum atomic E-state index is 14.8. The molecule has 5 heteroatoms. The van der Waals surface area contributed by atoms with Crippen LogP contribution in [-0.4, -0.2) is 16.1 Å². The van der Waals surface area contributed by atoms with Crippen LogP contribution in [0.2, 0.25) is 0 Å². The molecular weight excluding hydrogens is 381 g/mol. The summed E-state index contributed by atoms with van der Waals surface area (Å²) < 4.78 is 14.8. The van der Waals surface area contributed by atoms with E-state index < -0.39 is 5.97 Å². The molecule has 1 aromatic heterocycles. The number of H-pyrrole nitrogens is 1. The monoisotopic (exact) mass is 411 g/mol. The summed E-state index contributed by atoms with van der Waals surface area (Å²) >= 11 is 0. The maximum absolute atomic E-state index is 14.8. The van der Waals surface area contributed by atoms with Crippen LogP contribution in [0.25, 0.3) is 0 Å². The first kappa shape index (κ1) is 20.8. The van der Waals surface area contributed by atoms with Gasteiger partial charge in [-0.05, 0) is 67.2 Å². The number of aryl methyl sites for hydroxylation is 1. The average molecular weight is 412 g/mol. The minimum Gasteiger partial charge on any atom is -0.481 e. The van der Waals surface area contributed by atoms with Gasteiger partial charge in [-0.3, -0.25) is 9.59 Å². The molecule has 0 aliphatic heterocycles. The molecule has 4 nitrogen and oxygen atoms in total. The number of aliphatic carboxylic acids is 1. The van der Waals surface area contributed by atoms with Crippen LogP contribution in [0.15, 0.2) is 35.1 Å². The van der Waals surface area contributed by atoms with Crippen molar-refractivity contribution in [2.45, 2.75) is 76.0 Å². The summed E-state index contributed by atoms with van der Waals surface area (Å²) in [5, 5.41) is 8.80. The third kappa shape index (κ3) is 5.00. The van der Waals surface area contributed by atoms with Gasteiger partial charge in [-0.1, -0.05) is 43.9 Å². The predicted octanol–water partition coefficient (Wildman–Crippen LogP) is 5.51. The van der Waals surface area contributed by atoms with Crippen LogP contribution in [-0.2, 0) is 11.2 Å². The lowest BCUT2D eigenvalue weighted by atomic mass is 9.84. The first-order valence-corrected chi connectivity index (χ1v) is 11.2. The Kier molecular flexibility index (Phi) is 6.35. The summed E-state index contributed by atoms with van der Waals surface area (Å²) in [6.07, 6.45) is 8.83. The molecule has 0 bridgehead atoms. The number of carbonyl (C=O) groups is 1. The molecule has 1 aromatic carbocycles. The summed E-state index contributed by atoms with van der Waals surface area (Å²) in [7, 11) is 0. The highest BCUT2D eigenvalue weighted by Gasteiger charge is 2.28. The maximum Gasteiger partial charge on any atom is 0.303 e. The quantitative estimate of drug-likeness (QED) is 0.571. The Morgan fingerprint density at radius 2 is 1.90 bits per heavy atom. The minimum atomic E-state index is -0.859. The fraction of sp³-hybridized carbons (Fsp3) is 0.520. The second kappa shape index (κ2) is 9.15. The minimum absolute atomic E-state index is 0.00261. The van der Waals surface area contributed by atoms with Gasteiger partial charge >= 0.3 is 5.97 Å². The zero-order valence-electron chi connectivity index (χ0n) is 17.3. The smallest absolute Gasteiger partial charge is 0.303 e. The van der Waals surface area contributed by atoms with Crippen molar-refractivity contribution in [2.24, 2.45) is 5.92 Å². The molecule has 0 amide bonds. The number of benzene rings is 1. The fourth-order valence-corrected chi connectivity index (χ4v) is 4.85. The zero-order valence-corrected chi connectivity index (χ0v) is 17.3. The van der Waals surface area contributed by atoms with Crippen LogP contribution in [0.5, 0.6) is 0 Å². The molecule has 0 radical (unpaired) electrons. The number of rotatable bonds is 9. The molecule has 2 aromatic rings. The van der Waals surface area contributed by atoms with Gasteiger partial charge in [-0.15, -0.1) is 0 Å². The lowest BCUT2D eigenvalue weighted by molar-refractivity contribution is -0.137. The molecule has 2 saturated carbocycles. The number of carboxylic acid groups (broad SMARTS) is 1. The first-order valence-electron chi connectivity index (χ1n) is 11.2. The number of aromatic nitrogens is 1. The highest BCUT2D eigenvalue weighted by atomic mass is 19.1. The number of pyridine rings is 1. The Morgan fingerprint density at radius 1 is 1.13 bits per heavy atom. The molecule has 30 heavy (non-hydrogen) atoms. The molecule has 2 N–H and O–H groups in total. The van der Waals surface area contributed by atoms with Crippen LogP contribution in [0.3, 0.4) is 0 Å². The molecule has 0 saturated heterocycles. The molecule has 160 valence electrons. The van der Waals surface area contributed by atoms with Crippen LogP contribution in [0, 0.1) is 11.7 Å². The van der Waals surface area contributed by atoms with Gasteiger partial charge in [0, 0.05) is 23.6 Å². The molecule has 0 spiro atoms. The molecule has 1 heterocycles. The van der Waals surface area contributed by atoms with Gasteiger partial charge in [0.25, 0.3) is 5.56 Å². The second-order valence-electron chi connectivity index (χ2n) is 9.01. The number of hydrogen-bond donors (Lipinski definition) is 2. The van der Waals surface area contributed by atoms with Crippen molar-refractivity contribution in [3.8, 4) is 0 Å². The largest absolute Gasteiger partial charge is 0.481 e. The Morgan fingerprint density at radius 3 is 2.53 bits per heavy atom. The zero-order chi connectivity index (χ0) is 21.1. The number of aromatic amines is 1. The van der Waals surface area contributed by atoms with Crippen molar-refractivity contribution in [1.82, 2.24) is 4.98 Å². The van der Waals surface area contributed by atoms with E-state index in [0.717, 1.165) is 36.1 Å². The number of halogens is 1. The van der Waals surface area contributed by atoms with Gasteiger partial charge in [0.2, 0.25) is 0 Å². The number of hydrogen-bond acceptors (Lipinski definition) is 2. The predicted molar refractivity (Wildman–Crippen MR) is 114 cm³/mol. The van der Waals surface area contributed by atoms with Crippen molar-refractivity contribution >= 4 is 5.97 Å². The summed E-state index contributed by atoms with van der Waals surface area (Å²) in [5.41, 5.74) is 3.18. The van der Waals surface area contributed by atoms with Crippen LogP contribution in [0.4, 0.5) is 4.39 Å². The van der Waals surface area contributed by atoms with E-state index in [1.165, 1.54) is 25.7 Å². The molecule has 1 unspecified atom stereocenters. The summed E-state index contributed by atoms with van der Waals surface area (Å²) in [6, 6.07) is 9.30. The third-order valence-electron chi connectivity index (χ3n) is 6.72. The van der Waals surface area contributed by atoms with Gasteiger partial charge in [-0.25, -0.2) is 4.39 Å². The average Bonchev–Trinajstić information content (AvgIpc) is 3.42. The van der Waals surface area contributed by atoms with Gasteiger partial charge in [-0.2, -0.15) is 0 Å². The second-order valence-corrected chi connectivity index (χ2v) is 9.01. The van der Waals surface area contributed by atoms with Gasteiger partial charge in [0.15, 0.2) is 0 Å². The topological polar surface area (TPSA) is 70.2 Å². The van der Waals surface area contributed by atoms with E-state index in [-0.39, 0.29) is 23.7 Å². The molecule has 2 fully saturated rings.